The molecule has 0 aliphatic carbocycles. The van der Waals surface area contributed by atoms with Gasteiger partial charge in [0.25, 0.3) is 5.56 Å². The van der Waals surface area contributed by atoms with Gasteiger partial charge in [-0.15, -0.1) is 11.3 Å². The van der Waals surface area contributed by atoms with Crippen molar-refractivity contribution in [2.45, 2.75) is 32.9 Å². The van der Waals surface area contributed by atoms with Crippen molar-refractivity contribution in [1.82, 2.24) is 4.57 Å². The maximum absolute atomic E-state index is 13.3. The normalized spacial score (nSPS) is 16.7. The predicted molar refractivity (Wildman–Crippen MR) is 116 cm³/mol. The largest absolute Gasteiger partial charge is 0.459 e. The Labute approximate surface area is 175 Å². The van der Waals surface area contributed by atoms with Gasteiger partial charge in [-0.05, 0) is 43.9 Å². The molecule has 0 fully saturated rings. The Hall–Kier alpha value is -2.77. The monoisotopic (exact) mass is 424 g/mol. The Morgan fingerprint density at radius 1 is 1.21 bits per heavy atom. The van der Waals surface area contributed by atoms with Crippen molar-refractivity contribution in [3.8, 4) is 0 Å². The van der Waals surface area contributed by atoms with Crippen LogP contribution in [-0.4, -0.2) is 16.6 Å². The van der Waals surface area contributed by atoms with Crippen LogP contribution in [0.1, 0.15) is 37.3 Å². The van der Waals surface area contributed by atoms with Crippen LogP contribution in [0.25, 0.3) is 6.08 Å². The third-order valence-electron chi connectivity index (χ3n) is 4.49. The number of carbonyl (C=O) groups excluding carboxylic acids is 1. The van der Waals surface area contributed by atoms with Crippen LogP contribution in [0.4, 0.5) is 0 Å². The van der Waals surface area contributed by atoms with Crippen LogP contribution >= 0.6 is 22.7 Å². The van der Waals surface area contributed by atoms with Crippen LogP contribution in [0.3, 0.4) is 0 Å². The first kappa shape index (κ1) is 19.5. The van der Waals surface area contributed by atoms with Crippen molar-refractivity contribution in [3.63, 3.8) is 0 Å². The van der Waals surface area contributed by atoms with Crippen molar-refractivity contribution in [1.29, 1.82) is 0 Å². The Balaban J connectivity index is 1.93. The topological polar surface area (TPSA) is 60.7 Å². The average Bonchev–Trinajstić information content (AvgIpc) is 3.30. The first-order valence-corrected chi connectivity index (χ1v) is 11.0. The quantitative estimate of drug-likeness (QED) is 0.604. The zero-order valence-electron chi connectivity index (χ0n) is 16.3. The summed E-state index contributed by atoms with van der Waals surface area (Å²) < 4.78 is 7.68. The molecule has 1 unspecified atom stereocenters. The second kappa shape index (κ2) is 7.93. The molecular formula is C22H20N2O3S2. The second-order valence-corrected chi connectivity index (χ2v) is 8.95. The maximum atomic E-state index is 13.3. The smallest absolute Gasteiger partial charge is 0.338 e. The van der Waals surface area contributed by atoms with Gasteiger partial charge in [0, 0.05) is 4.88 Å². The van der Waals surface area contributed by atoms with E-state index in [4.69, 9.17) is 4.74 Å². The van der Waals surface area contributed by atoms with Gasteiger partial charge < -0.3 is 4.74 Å². The third kappa shape index (κ3) is 3.75. The minimum Gasteiger partial charge on any atom is -0.459 e. The second-order valence-electron chi connectivity index (χ2n) is 6.96. The van der Waals surface area contributed by atoms with Crippen molar-refractivity contribution in [2.24, 2.45) is 4.99 Å². The SMILES string of the molecule is CC1=C(C(=O)OC(C)C)C(c2cccs2)n2c(sc(=Cc3ccccc3)c2=O)=N1. The molecule has 5 nitrogen and oxygen atoms in total. The van der Waals surface area contributed by atoms with E-state index in [0.717, 1.165) is 10.4 Å². The van der Waals surface area contributed by atoms with E-state index in [1.54, 1.807) is 11.5 Å². The third-order valence-corrected chi connectivity index (χ3v) is 6.40. The zero-order chi connectivity index (χ0) is 20.5. The average molecular weight is 425 g/mol. The number of thiophene rings is 1. The number of nitrogens with zero attached hydrogens (tertiary/aromatic N) is 2. The van der Waals surface area contributed by atoms with Crippen LogP contribution < -0.4 is 14.9 Å². The number of aromatic nitrogens is 1. The molecule has 3 aromatic rings. The van der Waals surface area contributed by atoms with E-state index < -0.39 is 12.0 Å². The number of hydrogen-bond acceptors (Lipinski definition) is 6. The highest BCUT2D eigenvalue weighted by atomic mass is 32.1. The minimum absolute atomic E-state index is 0.154. The highest BCUT2D eigenvalue weighted by Crippen LogP contribution is 2.33. The molecule has 0 saturated heterocycles. The van der Waals surface area contributed by atoms with E-state index in [9.17, 15) is 9.59 Å². The maximum Gasteiger partial charge on any atom is 0.338 e. The fourth-order valence-electron chi connectivity index (χ4n) is 3.28. The lowest BCUT2D eigenvalue weighted by molar-refractivity contribution is -0.143. The van der Waals surface area contributed by atoms with Crippen molar-refractivity contribution in [2.75, 3.05) is 0 Å². The number of rotatable bonds is 4. The lowest BCUT2D eigenvalue weighted by Crippen LogP contribution is -2.39. The standard InChI is InChI=1S/C22H20N2O3S2/c1-13(2)27-21(26)18-14(3)23-22-24(19(18)16-10-7-11-28-16)20(25)17(29-22)12-15-8-5-4-6-9-15/h4-13,19H,1-3H3. The molecule has 0 saturated carbocycles. The van der Waals surface area contributed by atoms with Crippen LogP contribution in [-0.2, 0) is 9.53 Å². The molecular weight excluding hydrogens is 404 g/mol. The molecule has 1 aromatic carbocycles. The fraction of sp³-hybridized carbons (Fsp3) is 0.227. The predicted octanol–water partition coefficient (Wildman–Crippen LogP) is 3.25. The summed E-state index contributed by atoms with van der Waals surface area (Å²) in [5.74, 6) is -0.433. The molecule has 148 valence electrons. The van der Waals surface area contributed by atoms with Crippen LogP contribution in [0.15, 0.2) is 68.9 Å². The first-order chi connectivity index (χ1) is 14.0. The van der Waals surface area contributed by atoms with Gasteiger partial charge in [-0.2, -0.15) is 0 Å². The summed E-state index contributed by atoms with van der Waals surface area (Å²) in [5.41, 5.74) is 1.79. The molecule has 3 heterocycles. The Morgan fingerprint density at radius 3 is 2.62 bits per heavy atom. The minimum atomic E-state index is -0.532. The number of carbonyl (C=O) groups is 1. The molecule has 0 spiro atoms. The van der Waals surface area contributed by atoms with Gasteiger partial charge in [0.2, 0.25) is 0 Å². The lowest BCUT2D eigenvalue weighted by Gasteiger charge is -2.24. The Morgan fingerprint density at radius 2 is 1.97 bits per heavy atom. The summed E-state index contributed by atoms with van der Waals surface area (Å²) in [6, 6.07) is 13.0. The molecule has 0 amide bonds. The molecule has 1 aliphatic rings. The summed E-state index contributed by atoms with van der Waals surface area (Å²) >= 11 is 2.84. The number of hydrogen-bond donors (Lipinski definition) is 0. The van der Waals surface area contributed by atoms with Crippen molar-refractivity contribution >= 4 is 34.7 Å². The number of esters is 1. The molecule has 4 rings (SSSR count). The van der Waals surface area contributed by atoms with E-state index in [1.807, 2.05) is 67.8 Å². The van der Waals surface area contributed by atoms with Gasteiger partial charge in [0.1, 0.15) is 6.04 Å². The lowest BCUT2D eigenvalue weighted by atomic mass is 10.0. The van der Waals surface area contributed by atoms with Crippen molar-refractivity contribution in [3.05, 3.63) is 89.2 Å². The first-order valence-electron chi connectivity index (χ1n) is 9.27. The number of benzene rings is 1. The number of fused-ring (bicyclic) bond motifs is 1. The molecule has 7 heteroatoms. The highest BCUT2D eigenvalue weighted by Gasteiger charge is 2.34. The van der Waals surface area contributed by atoms with Crippen molar-refractivity contribution < 1.29 is 9.53 Å². The molecule has 0 bridgehead atoms. The van der Waals surface area contributed by atoms with Gasteiger partial charge in [-0.1, -0.05) is 47.7 Å². The highest BCUT2D eigenvalue weighted by molar-refractivity contribution is 7.10. The number of ether oxygens (including phenoxy) is 1. The van der Waals surface area contributed by atoms with E-state index >= 15 is 0 Å². The summed E-state index contributed by atoms with van der Waals surface area (Å²) in [7, 11) is 0. The van der Waals surface area contributed by atoms with Crippen LogP contribution in [0.2, 0.25) is 0 Å². The summed E-state index contributed by atoms with van der Waals surface area (Å²) in [6.45, 7) is 5.41. The fourth-order valence-corrected chi connectivity index (χ4v) is 5.15. The molecule has 1 aliphatic heterocycles. The van der Waals surface area contributed by atoms with E-state index in [-0.39, 0.29) is 11.7 Å². The van der Waals surface area contributed by atoms with Crippen LogP contribution in [0, 0.1) is 0 Å². The zero-order valence-corrected chi connectivity index (χ0v) is 17.9. The molecule has 29 heavy (non-hydrogen) atoms. The molecule has 1 atom stereocenters. The van der Waals surface area contributed by atoms with Crippen LogP contribution in [0.5, 0.6) is 0 Å². The number of thiazole rings is 1. The molecule has 0 radical (unpaired) electrons. The van der Waals surface area contributed by atoms with Gasteiger partial charge in [-0.3, -0.25) is 9.36 Å². The van der Waals surface area contributed by atoms with Gasteiger partial charge in [0.05, 0.1) is 21.9 Å². The summed E-state index contributed by atoms with van der Waals surface area (Å²) in [5, 5.41) is 1.94. The van der Waals surface area contributed by atoms with Gasteiger partial charge in [0.15, 0.2) is 4.80 Å². The van der Waals surface area contributed by atoms with E-state index in [0.29, 0.717) is 20.6 Å². The Bertz CT molecular complexity index is 1250. The summed E-state index contributed by atoms with van der Waals surface area (Å²) in [4.78, 5) is 32.3. The van der Waals surface area contributed by atoms with Gasteiger partial charge in [-0.25, -0.2) is 9.79 Å². The Kier molecular flexibility index (Phi) is 5.34. The molecule has 2 aromatic heterocycles. The molecule has 0 N–H and O–H groups in total. The van der Waals surface area contributed by atoms with Gasteiger partial charge >= 0.3 is 5.97 Å². The summed E-state index contributed by atoms with van der Waals surface area (Å²) in [6.07, 6.45) is 1.61. The number of allylic oxidation sites excluding steroid dienone is 1. The van der Waals surface area contributed by atoms with E-state index in [1.165, 1.54) is 22.7 Å². The van der Waals surface area contributed by atoms with E-state index in [2.05, 4.69) is 4.99 Å².